The number of hydrogen-bond acceptors (Lipinski definition) is 5. The lowest BCUT2D eigenvalue weighted by atomic mass is 10.2. The predicted octanol–water partition coefficient (Wildman–Crippen LogP) is 3.90. The van der Waals surface area contributed by atoms with Gasteiger partial charge in [-0.3, -0.25) is 14.3 Å². The molecule has 0 aliphatic heterocycles. The maximum Gasteiger partial charge on any atom is 0.303 e. The van der Waals surface area contributed by atoms with Crippen molar-refractivity contribution in [2.75, 3.05) is 11.3 Å². The summed E-state index contributed by atoms with van der Waals surface area (Å²) >= 11 is 6.17. The molecule has 0 saturated carbocycles. The van der Waals surface area contributed by atoms with Gasteiger partial charge in [0.25, 0.3) is 15.6 Å². The summed E-state index contributed by atoms with van der Waals surface area (Å²) in [6, 6.07) is 14.2. The van der Waals surface area contributed by atoms with Crippen LogP contribution in [0.25, 0.3) is 0 Å². The molecule has 0 unspecified atom stereocenters. The minimum atomic E-state index is -3.92. The first-order valence-corrected chi connectivity index (χ1v) is 11.9. The van der Waals surface area contributed by atoms with Crippen molar-refractivity contribution in [1.82, 2.24) is 4.57 Å². The van der Waals surface area contributed by atoms with E-state index in [2.05, 4.69) is 4.72 Å². The maximum absolute atomic E-state index is 12.9. The Bertz CT molecular complexity index is 1320. The predicted molar refractivity (Wildman–Crippen MR) is 126 cm³/mol. The minimum absolute atomic E-state index is 0.00589. The fourth-order valence-corrected chi connectivity index (χ4v) is 4.42. The second-order valence-electron chi connectivity index (χ2n) is 7.35. The van der Waals surface area contributed by atoms with Crippen LogP contribution in [0.5, 0.6) is 5.75 Å². The van der Waals surface area contributed by atoms with Gasteiger partial charge >= 0.3 is 5.97 Å². The van der Waals surface area contributed by atoms with E-state index in [-0.39, 0.29) is 35.7 Å². The Hall–Kier alpha value is -3.30. The third-order valence-electron chi connectivity index (χ3n) is 4.78. The molecule has 2 aromatic carbocycles. The topological polar surface area (TPSA) is 115 Å². The fraction of sp³-hybridized carbons (Fsp3) is 0.217. The van der Waals surface area contributed by atoms with Gasteiger partial charge in [0.2, 0.25) is 0 Å². The summed E-state index contributed by atoms with van der Waals surface area (Å²) in [7, 11) is -3.92. The molecule has 0 saturated heterocycles. The highest BCUT2D eigenvalue weighted by molar-refractivity contribution is 7.92. The zero-order chi connectivity index (χ0) is 24.0. The van der Waals surface area contributed by atoms with Gasteiger partial charge in [-0.15, -0.1) is 0 Å². The number of anilines is 1. The summed E-state index contributed by atoms with van der Waals surface area (Å²) in [5, 5.41) is 9.19. The summed E-state index contributed by atoms with van der Waals surface area (Å²) in [6.45, 7) is 2.11. The van der Waals surface area contributed by atoms with Gasteiger partial charge in [-0.2, -0.15) is 0 Å². The van der Waals surface area contributed by atoms with Crippen LogP contribution in [0.4, 0.5) is 5.69 Å². The van der Waals surface area contributed by atoms with E-state index in [1.165, 1.54) is 41.1 Å². The number of ether oxygens (including phenoxy) is 1. The van der Waals surface area contributed by atoms with Crippen molar-refractivity contribution in [1.29, 1.82) is 0 Å². The average Bonchev–Trinajstić information content (AvgIpc) is 2.75. The maximum atomic E-state index is 12.9. The van der Waals surface area contributed by atoms with E-state index in [0.717, 1.165) is 5.56 Å². The van der Waals surface area contributed by atoms with Crippen molar-refractivity contribution in [2.45, 2.75) is 31.2 Å². The van der Waals surface area contributed by atoms with E-state index in [1.807, 2.05) is 0 Å². The van der Waals surface area contributed by atoms with Crippen LogP contribution in [-0.2, 0) is 21.4 Å². The van der Waals surface area contributed by atoms with Crippen molar-refractivity contribution >= 4 is 33.3 Å². The molecule has 0 amide bonds. The molecule has 1 heterocycles. The minimum Gasteiger partial charge on any atom is -0.493 e. The molecule has 0 fully saturated rings. The van der Waals surface area contributed by atoms with Gasteiger partial charge in [-0.1, -0.05) is 29.8 Å². The van der Waals surface area contributed by atoms with Crippen molar-refractivity contribution in [3.05, 3.63) is 87.3 Å². The van der Waals surface area contributed by atoms with E-state index in [4.69, 9.17) is 21.4 Å². The number of carboxylic acid groups (broad SMARTS) is 1. The standard InChI is InChI=1S/C23H23ClN2O6S/c1-16-13-19(9-10-21(16)32-12-4-7-23(28)29)33(30,31)25-18-8-11-22(27)26(15-18)14-17-5-2-3-6-20(17)24/h2-3,5-6,8-11,13,15,25H,4,7,12,14H2,1H3,(H,28,29). The summed E-state index contributed by atoms with van der Waals surface area (Å²) in [4.78, 5) is 22.9. The first-order chi connectivity index (χ1) is 15.7. The molecule has 33 heavy (non-hydrogen) atoms. The van der Waals surface area contributed by atoms with Gasteiger partial charge in [-0.25, -0.2) is 8.42 Å². The van der Waals surface area contributed by atoms with Crippen molar-refractivity contribution in [2.24, 2.45) is 0 Å². The number of nitrogens with zero attached hydrogens (tertiary/aromatic N) is 1. The largest absolute Gasteiger partial charge is 0.493 e. The molecular weight excluding hydrogens is 468 g/mol. The van der Waals surface area contributed by atoms with Gasteiger partial charge < -0.3 is 14.4 Å². The van der Waals surface area contributed by atoms with Gasteiger partial charge in [0, 0.05) is 23.7 Å². The molecule has 10 heteroatoms. The number of pyridine rings is 1. The number of nitrogens with one attached hydrogen (secondary N) is 1. The monoisotopic (exact) mass is 490 g/mol. The van der Waals surface area contributed by atoms with Gasteiger partial charge in [0.05, 0.1) is 23.7 Å². The molecular formula is C23H23ClN2O6S. The number of carbonyl (C=O) groups is 1. The van der Waals surface area contributed by atoms with Crippen LogP contribution in [0, 0.1) is 6.92 Å². The Morgan fingerprint density at radius 2 is 1.91 bits per heavy atom. The van der Waals surface area contributed by atoms with E-state index in [1.54, 1.807) is 31.2 Å². The number of sulfonamides is 1. The number of hydrogen-bond donors (Lipinski definition) is 2. The number of rotatable bonds is 10. The number of aliphatic carboxylic acids is 1. The van der Waals surface area contributed by atoms with Crippen LogP contribution >= 0.6 is 11.6 Å². The first-order valence-electron chi connectivity index (χ1n) is 10.1. The van der Waals surface area contributed by atoms with Crippen LogP contribution in [0.2, 0.25) is 5.02 Å². The highest BCUT2D eigenvalue weighted by Crippen LogP contribution is 2.24. The zero-order valence-electron chi connectivity index (χ0n) is 17.8. The molecule has 2 N–H and O–H groups in total. The third kappa shape index (κ3) is 6.59. The van der Waals surface area contributed by atoms with Crippen molar-refractivity contribution in [3.63, 3.8) is 0 Å². The quantitative estimate of drug-likeness (QED) is 0.416. The number of halogens is 1. The second kappa shape index (κ2) is 10.5. The molecule has 0 aliphatic carbocycles. The third-order valence-corrected chi connectivity index (χ3v) is 6.53. The number of carboxylic acids is 1. The lowest BCUT2D eigenvalue weighted by molar-refractivity contribution is -0.137. The molecule has 0 atom stereocenters. The molecule has 174 valence electrons. The highest BCUT2D eigenvalue weighted by atomic mass is 35.5. The summed E-state index contributed by atoms with van der Waals surface area (Å²) < 4.78 is 35.2. The zero-order valence-corrected chi connectivity index (χ0v) is 19.4. The van der Waals surface area contributed by atoms with Crippen LogP contribution < -0.4 is 15.0 Å². The Labute approximate surface area is 196 Å². The van der Waals surface area contributed by atoms with Crippen molar-refractivity contribution < 1.29 is 23.1 Å². The normalized spacial score (nSPS) is 11.2. The van der Waals surface area contributed by atoms with Crippen LogP contribution in [-0.4, -0.2) is 30.7 Å². The van der Waals surface area contributed by atoms with E-state index in [9.17, 15) is 18.0 Å². The smallest absolute Gasteiger partial charge is 0.303 e. The van der Waals surface area contributed by atoms with E-state index in [0.29, 0.717) is 22.8 Å². The lowest BCUT2D eigenvalue weighted by Crippen LogP contribution is -2.21. The Kier molecular flexibility index (Phi) is 7.78. The van der Waals surface area contributed by atoms with Crippen LogP contribution in [0.3, 0.4) is 0 Å². The summed E-state index contributed by atoms with van der Waals surface area (Å²) in [5.41, 5.74) is 1.26. The summed E-state index contributed by atoms with van der Waals surface area (Å²) in [6.07, 6.45) is 1.77. The molecule has 1 aromatic heterocycles. The Morgan fingerprint density at radius 1 is 1.15 bits per heavy atom. The molecule has 0 bridgehead atoms. The molecule has 8 nitrogen and oxygen atoms in total. The van der Waals surface area contributed by atoms with E-state index < -0.39 is 16.0 Å². The summed E-state index contributed by atoms with van der Waals surface area (Å²) in [5.74, 6) is -0.423. The fourth-order valence-electron chi connectivity index (χ4n) is 3.10. The molecule has 0 radical (unpaired) electrons. The van der Waals surface area contributed by atoms with Crippen molar-refractivity contribution in [3.8, 4) is 5.75 Å². The second-order valence-corrected chi connectivity index (χ2v) is 9.44. The van der Waals surface area contributed by atoms with Crippen LogP contribution in [0.1, 0.15) is 24.0 Å². The van der Waals surface area contributed by atoms with Gasteiger partial charge in [-0.05, 0) is 54.8 Å². The Balaban J connectivity index is 1.75. The van der Waals surface area contributed by atoms with Gasteiger partial charge in [0.15, 0.2) is 0 Å². The van der Waals surface area contributed by atoms with Gasteiger partial charge in [0.1, 0.15) is 5.75 Å². The molecule has 0 aliphatic rings. The molecule has 3 aromatic rings. The first kappa shape index (κ1) is 24.3. The SMILES string of the molecule is Cc1cc(S(=O)(=O)Nc2ccc(=O)n(Cc3ccccc3Cl)c2)ccc1OCCCC(=O)O. The number of aromatic nitrogens is 1. The van der Waals surface area contributed by atoms with E-state index >= 15 is 0 Å². The highest BCUT2D eigenvalue weighted by Gasteiger charge is 2.17. The number of aryl methyl sites for hydroxylation is 1. The average molecular weight is 491 g/mol. The lowest BCUT2D eigenvalue weighted by Gasteiger charge is -2.13. The molecule has 3 rings (SSSR count). The number of benzene rings is 2. The van der Waals surface area contributed by atoms with Crippen LogP contribution in [0.15, 0.2) is 70.5 Å². The Morgan fingerprint density at radius 3 is 2.61 bits per heavy atom. The molecule has 0 spiro atoms.